The second kappa shape index (κ2) is 11.3. The van der Waals surface area contributed by atoms with Crippen molar-refractivity contribution in [3.63, 3.8) is 0 Å². The summed E-state index contributed by atoms with van der Waals surface area (Å²) in [6, 6.07) is 21.2. The molecule has 0 N–H and O–H groups in total. The highest BCUT2D eigenvalue weighted by atomic mass is 16.5. The molecular weight excluding hydrogens is 426 g/mol. The van der Waals surface area contributed by atoms with Crippen molar-refractivity contribution >= 4 is 22.4 Å². The van der Waals surface area contributed by atoms with Crippen LogP contribution in [0.3, 0.4) is 0 Å². The van der Waals surface area contributed by atoms with Gasteiger partial charge in [0, 0.05) is 63.8 Å². The van der Waals surface area contributed by atoms with Crippen LogP contribution < -0.4 is 14.4 Å². The number of carbonyl (C=O) groups excluding carboxylic acids is 1. The third-order valence-corrected chi connectivity index (χ3v) is 6.57. The van der Waals surface area contributed by atoms with Crippen molar-refractivity contribution in [2.45, 2.75) is 20.4 Å². The minimum absolute atomic E-state index is 0.155. The molecule has 0 aliphatic carbocycles. The molecule has 34 heavy (non-hydrogen) atoms. The summed E-state index contributed by atoms with van der Waals surface area (Å²) in [6.07, 6.45) is 0. The van der Waals surface area contributed by atoms with Gasteiger partial charge in [-0.05, 0) is 36.1 Å². The van der Waals surface area contributed by atoms with E-state index in [1.165, 1.54) is 22.0 Å². The largest absolute Gasteiger partial charge is 0.493 e. The summed E-state index contributed by atoms with van der Waals surface area (Å²) in [5.41, 5.74) is 2.42. The van der Waals surface area contributed by atoms with Crippen LogP contribution in [0, 0.1) is 0 Å². The van der Waals surface area contributed by atoms with E-state index in [0.29, 0.717) is 6.61 Å². The Kier molecular flexibility index (Phi) is 7.91. The van der Waals surface area contributed by atoms with Gasteiger partial charge in [-0.1, -0.05) is 42.5 Å². The predicted molar refractivity (Wildman–Crippen MR) is 138 cm³/mol. The molecule has 0 atom stereocenters. The van der Waals surface area contributed by atoms with Gasteiger partial charge in [-0.2, -0.15) is 0 Å². The molecule has 6 nitrogen and oxygen atoms in total. The Morgan fingerprint density at radius 1 is 0.971 bits per heavy atom. The Hall–Kier alpha value is -3.25. The third kappa shape index (κ3) is 5.62. The van der Waals surface area contributed by atoms with E-state index in [9.17, 15) is 4.79 Å². The van der Waals surface area contributed by atoms with Crippen LogP contribution in [-0.2, 0) is 11.3 Å². The summed E-state index contributed by atoms with van der Waals surface area (Å²) in [5.74, 6) is 1.68. The Morgan fingerprint density at radius 2 is 1.74 bits per heavy atom. The number of rotatable bonds is 9. The SMILES string of the molecule is CCN(Cc1ccc(OC)c(OCCN2CCN(C(C)=O)CC2)c1)c1cccc2ccccc12. The quantitative estimate of drug-likeness (QED) is 0.472. The lowest BCUT2D eigenvalue weighted by atomic mass is 10.1. The van der Waals surface area contributed by atoms with Gasteiger partial charge in [0.1, 0.15) is 6.61 Å². The number of amides is 1. The molecule has 1 aliphatic rings. The van der Waals surface area contributed by atoms with Crippen LogP contribution in [0.1, 0.15) is 19.4 Å². The van der Waals surface area contributed by atoms with Gasteiger partial charge in [-0.3, -0.25) is 9.69 Å². The van der Waals surface area contributed by atoms with Gasteiger partial charge in [-0.25, -0.2) is 0 Å². The van der Waals surface area contributed by atoms with Crippen LogP contribution in [-0.4, -0.2) is 68.7 Å². The fourth-order valence-corrected chi connectivity index (χ4v) is 4.58. The zero-order chi connectivity index (χ0) is 23.9. The number of piperazine rings is 1. The number of hydrogen-bond donors (Lipinski definition) is 0. The summed E-state index contributed by atoms with van der Waals surface area (Å²) in [5, 5.41) is 2.52. The third-order valence-electron chi connectivity index (χ3n) is 6.57. The Labute approximate surface area is 202 Å². The molecule has 1 fully saturated rings. The second-order valence-electron chi connectivity index (χ2n) is 8.69. The minimum atomic E-state index is 0.155. The van der Waals surface area contributed by atoms with E-state index in [1.54, 1.807) is 14.0 Å². The molecule has 1 aliphatic heterocycles. The van der Waals surface area contributed by atoms with Crippen molar-refractivity contribution in [1.82, 2.24) is 9.80 Å². The molecule has 180 valence electrons. The zero-order valence-corrected chi connectivity index (χ0v) is 20.5. The summed E-state index contributed by atoms with van der Waals surface area (Å²) in [4.78, 5) is 18.2. The standard InChI is InChI=1S/C28H35N3O3/c1-4-30(26-11-7-9-24-8-5-6-10-25(24)26)21-23-12-13-27(33-3)28(20-23)34-19-18-29-14-16-31(17-15-29)22(2)32/h5-13,20H,4,14-19,21H2,1-3H3. The predicted octanol–water partition coefficient (Wildman–Crippen LogP) is 4.42. The molecule has 0 radical (unpaired) electrons. The molecule has 6 heteroatoms. The van der Waals surface area contributed by atoms with Crippen molar-refractivity contribution in [3.05, 3.63) is 66.2 Å². The second-order valence-corrected chi connectivity index (χ2v) is 8.69. The fraction of sp³-hybridized carbons (Fsp3) is 0.393. The van der Waals surface area contributed by atoms with Crippen molar-refractivity contribution in [2.24, 2.45) is 0 Å². The van der Waals surface area contributed by atoms with E-state index in [-0.39, 0.29) is 5.91 Å². The van der Waals surface area contributed by atoms with E-state index >= 15 is 0 Å². The van der Waals surface area contributed by atoms with E-state index < -0.39 is 0 Å². The van der Waals surface area contributed by atoms with Crippen LogP contribution in [0.25, 0.3) is 10.8 Å². The first-order chi connectivity index (χ1) is 16.6. The lowest BCUT2D eigenvalue weighted by molar-refractivity contribution is -0.130. The molecule has 4 rings (SSSR count). The maximum atomic E-state index is 11.5. The number of hydrogen-bond acceptors (Lipinski definition) is 5. The van der Waals surface area contributed by atoms with Gasteiger partial charge in [0.05, 0.1) is 7.11 Å². The highest BCUT2D eigenvalue weighted by Crippen LogP contribution is 2.31. The molecule has 0 bridgehead atoms. The van der Waals surface area contributed by atoms with E-state index in [1.807, 2.05) is 11.0 Å². The average molecular weight is 462 g/mol. The Balaban J connectivity index is 1.42. The first kappa shape index (κ1) is 23.9. The number of fused-ring (bicyclic) bond motifs is 1. The van der Waals surface area contributed by atoms with Gasteiger partial charge < -0.3 is 19.3 Å². The Bertz CT molecular complexity index is 1100. The van der Waals surface area contributed by atoms with Crippen LogP contribution in [0.15, 0.2) is 60.7 Å². The summed E-state index contributed by atoms with van der Waals surface area (Å²) in [6.45, 7) is 10.3. The average Bonchev–Trinajstić information content (AvgIpc) is 2.87. The monoisotopic (exact) mass is 461 g/mol. The first-order valence-corrected chi connectivity index (χ1v) is 12.1. The van der Waals surface area contributed by atoms with Crippen LogP contribution >= 0.6 is 0 Å². The number of anilines is 1. The zero-order valence-electron chi connectivity index (χ0n) is 20.5. The summed E-state index contributed by atoms with van der Waals surface area (Å²) in [7, 11) is 1.68. The van der Waals surface area contributed by atoms with Crippen molar-refractivity contribution in [3.8, 4) is 11.5 Å². The molecule has 0 aromatic heterocycles. The highest BCUT2D eigenvalue weighted by molar-refractivity contribution is 5.94. The highest BCUT2D eigenvalue weighted by Gasteiger charge is 2.18. The topological polar surface area (TPSA) is 45.3 Å². The van der Waals surface area contributed by atoms with E-state index in [4.69, 9.17) is 9.47 Å². The lowest BCUT2D eigenvalue weighted by Gasteiger charge is -2.34. The van der Waals surface area contributed by atoms with Crippen LogP contribution in [0.5, 0.6) is 11.5 Å². The first-order valence-electron chi connectivity index (χ1n) is 12.1. The van der Waals surface area contributed by atoms with Gasteiger partial charge in [0.25, 0.3) is 0 Å². The van der Waals surface area contributed by atoms with Gasteiger partial charge in [-0.15, -0.1) is 0 Å². The smallest absolute Gasteiger partial charge is 0.219 e. The molecule has 0 spiro atoms. The van der Waals surface area contributed by atoms with Crippen LogP contribution in [0.4, 0.5) is 5.69 Å². The molecule has 0 unspecified atom stereocenters. The van der Waals surface area contributed by atoms with Crippen molar-refractivity contribution in [2.75, 3.05) is 57.9 Å². The normalized spacial score (nSPS) is 14.3. The summed E-state index contributed by atoms with van der Waals surface area (Å²) >= 11 is 0. The van der Waals surface area contributed by atoms with Crippen molar-refractivity contribution < 1.29 is 14.3 Å². The molecule has 0 saturated carbocycles. The minimum Gasteiger partial charge on any atom is -0.493 e. The van der Waals surface area contributed by atoms with E-state index in [2.05, 4.69) is 71.3 Å². The number of methoxy groups -OCH3 is 1. The molecule has 3 aromatic rings. The van der Waals surface area contributed by atoms with E-state index in [0.717, 1.165) is 57.3 Å². The molecule has 1 amide bonds. The number of ether oxygens (including phenoxy) is 2. The number of benzene rings is 3. The summed E-state index contributed by atoms with van der Waals surface area (Å²) < 4.78 is 11.7. The number of nitrogens with zero attached hydrogens (tertiary/aromatic N) is 3. The Morgan fingerprint density at radius 3 is 2.47 bits per heavy atom. The van der Waals surface area contributed by atoms with Crippen LogP contribution in [0.2, 0.25) is 0 Å². The fourth-order valence-electron chi connectivity index (χ4n) is 4.58. The molecule has 1 heterocycles. The number of carbonyl (C=O) groups is 1. The maximum Gasteiger partial charge on any atom is 0.219 e. The van der Waals surface area contributed by atoms with Gasteiger partial charge >= 0.3 is 0 Å². The molecular formula is C28H35N3O3. The molecule has 1 saturated heterocycles. The van der Waals surface area contributed by atoms with Crippen molar-refractivity contribution in [1.29, 1.82) is 0 Å². The lowest BCUT2D eigenvalue weighted by Crippen LogP contribution is -2.48. The maximum absolute atomic E-state index is 11.5. The molecule has 3 aromatic carbocycles. The van der Waals surface area contributed by atoms with Gasteiger partial charge in [0.15, 0.2) is 11.5 Å². The van der Waals surface area contributed by atoms with Gasteiger partial charge in [0.2, 0.25) is 5.91 Å².